The van der Waals surface area contributed by atoms with E-state index in [9.17, 15) is 52.7 Å². The molecule has 0 radical (unpaired) electrons. The molecule has 1 unspecified atom stereocenters. The van der Waals surface area contributed by atoms with Crippen LogP contribution in [-0.2, 0) is 39.7 Å². The summed E-state index contributed by atoms with van der Waals surface area (Å²) in [6, 6.07) is 2.10. The van der Waals surface area contributed by atoms with Gasteiger partial charge >= 0.3 is 24.5 Å². The molecule has 3 N–H and O–H groups in total. The molecule has 3 aromatic rings. The Morgan fingerprint density at radius 2 is 1.46 bits per heavy atom. The minimum Gasteiger partial charge on any atom is -0.489 e. The lowest BCUT2D eigenvalue weighted by Gasteiger charge is -2.29. The first kappa shape index (κ1) is 44.9. The molecule has 0 aliphatic heterocycles. The van der Waals surface area contributed by atoms with Gasteiger partial charge in [0.1, 0.15) is 6.61 Å². The number of aliphatic carboxylic acids is 1. The van der Waals surface area contributed by atoms with Crippen LogP contribution in [-0.4, -0.2) is 54.6 Å². The molecule has 1 heterocycles. The predicted molar refractivity (Wildman–Crippen MR) is 189 cm³/mol. The van der Waals surface area contributed by atoms with Crippen LogP contribution in [0.2, 0.25) is 5.02 Å². The summed E-state index contributed by atoms with van der Waals surface area (Å²) in [6.07, 6.45) is -10.1. The second-order valence-corrected chi connectivity index (χ2v) is 16.6. The lowest BCUT2D eigenvalue weighted by Crippen LogP contribution is -2.30. The van der Waals surface area contributed by atoms with Crippen molar-refractivity contribution >= 4 is 33.4 Å². The number of alkyl halides is 9. The van der Waals surface area contributed by atoms with E-state index in [-0.39, 0.29) is 58.8 Å². The zero-order chi connectivity index (χ0) is 41.8. The highest BCUT2D eigenvalue weighted by Crippen LogP contribution is 2.41. The van der Waals surface area contributed by atoms with E-state index in [1.54, 1.807) is 6.92 Å². The maximum Gasteiger partial charge on any atom is 0.416 e. The van der Waals surface area contributed by atoms with Gasteiger partial charge in [0.25, 0.3) is 0 Å². The maximum atomic E-state index is 13.9. The van der Waals surface area contributed by atoms with Crippen LogP contribution in [0.4, 0.5) is 45.5 Å². The molecule has 1 aliphatic rings. The van der Waals surface area contributed by atoms with Crippen molar-refractivity contribution in [2.75, 3.05) is 30.5 Å². The molecule has 0 amide bonds. The Balaban J connectivity index is 1.67. The number of nitrogens with one attached hydrogen (secondary N) is 2. The molecule has 1 fully saturated rings. The summed E-state index contributed by atoms with van der Waals surface area (Å²) >= 11 is 6.46. The molecule has 0 saturated heterocycles. The number of hydrogen-bond acceptors (Lipinski definition) is 8. The number of nitrogens with zero attached hydrogens (tertiary/aromatic N) is 2. The molecule has 4 rings (SSSR count). The lowest BCUT2D eigenvalue weighted by molar-refractivity contribution is -0.143. The van der Waals surface area contributed by atoms with E-state index < -0.39 is 80.9 Å². The number of sulfone groups is 1. The molecule has 0 bridgehead atoms. The van der Waals surface area contributed by atoms with Crippen LogP contribution in [0.3, 0.4) is 0 Å². The van der Waals surface area contributed by atoms with Crippen LogP contribution in [0.5, 0.6) is 5.75 Å². The van der Waals surface area contributed by atoms with Crippen molar-refractivity contribution in [2.45, 2.75) is 83.0 Å². The Bertz CT molecular complexity index is 1940. The van der Waals surface area contributed by atoms with Crippen LogP contribution in [0.1, 0.15) is 97.0 Å². The first-order chi connectivity index (χ1) is 25.8. The normalized spacial score (nSPS) is 18.0. The van der Waals surface area contributed by atoms with Crippen molar-refractivity contribution in [1.82, 2.24) is 15.3 Å². The number of carboxylic acids is 1. The maximum absolute atomic E-state index is 13.9. The summed E-state index contributed by atoms with van der Waals surface area (Å²) in [4.78, 5) is 19.5. The van der Waals surface area contributed by atoms with Crippen molar-refractivity contribution in [3.8, 4) is 5.75 Å². The fourth-order valence-corrected chi connectivity index (χ4v) is 7.35. The highest BCUT2D eigenvalue weighted by atomic mass is 35.5. The van der Waals surface area contributed by atoms with E-state index >= 15 is 0 Å². The second kappa shape index (κ2) is 17.7. The quantitative estimate of drug-likeness (QED) is 0.128. The highest BCUT2D eigenvalue weighted by Gasteiger charge is 2.38. The third-order valence-corrected chi connectivity index (χ3v) is 10.8. The number of anilines is 1. The zero-order valence-electron chi connectivity index (χ0n) is 30.3. The van der Waals surface area contributed by atoms with Crippen LogP contribution < -0.4 is 15.4 Å². The Morgan fingerprint density at radius 1 is 0.911 bits per heavy atom. The van der Waals surface area contributed by atoms with E-state index in [0.29, 0.717) is 24.2 Å². The summed E-state index contributed by atoms with van der Waals surface area (Å²) in [6.45, 7) is 2.60. The third-order valence-electron chi connectivity index (χ3n) is 9.57. The van der Waals surface area contributed by atoms with Gasteiger partial charge in [0.15, 0.2) is 15.6 Å². The Hall–Kier alpha value is -3.84. The van der Waals surface area contributed by atoms with E-state index in [1.165, 1.54) is 6.92 Å². The van der Waals surface area contributed by atoms with Crippen molar-refractivity contribution in [3.05, 3.63) is 80.6 Å². The van der Waals surface area contributed by atoms with Crippen molar-refractivity contribution in [2.24, 2.45) is 11.8 Å². The van der Waals surface area contributed by atoms with E-state index in [0.717, 1.165) is 50.3 Å². The summed E-state index contributed by atoms with van der Waals surface area (Å²) < 4.78 is 153. The van der Waals surface area contributed by atoms with Crippen LogP contribution in [0.15, 0.2) is 36.5 Å². The van der Waals surface area contributed by atoms with Crippen molar-refractivity contribution in [3.63, 3.8) is 0 Å². The minimum atomic E-state index is -5.15. The predicted octanol–water partition coefficient (Wildman–Crippen LogP) is 9.31. The minimum absolute atomic E-state index is 0.0345. The molecule has 0 spiro atoms. The molecule has 9 nitrogen and oxygen atoms in total. The molecule has 1 aromatic heterocycles. The fraction of sp³-hybridized carbons (Fsp3) is 0.528. The molecule has 2 atom stereocenters. The molecule has 1 saturated carbocycles. The average Bonchev–Trinajstić information content (AvgIpc) is 3.08. The van der Waals surface area contributed by atoms with Crippen LogP contribution in [0, 0.1) is 11.8 Å². The fourth-order valence-electron chi connectivity index (χ4n) is 6.56. The number of halogens is 10. The monoisotopic (exact) mass is 846 g/mol. The third kappa shape index (κ3) is 12.6. The molecular formula is C36H40ClF9N4O5S. The summed E-state index contributed by atoms with van der Waals surface area (Å²) in [5.74, 6) is -2.98. The number of hydrogen-bond donors (Lipinski definition) is 3. The summed E-state index contributed by atoms with van der Waals surface area (Å²) in [5.41, 5.74) is -4.53. The highest BCUT2D eigenvalue weighted by molar-refractivity contribution is 7.90. The molecule has 1 aliphatic carbocycles. The van der Waals surface area contributed by atoms with Gasteiger partial charge in [0.05, 0.1) is 34.3 Å². The molecule has 56 heavy (non-hydrogen) atoms. The molecule has 2 aromatic carbocycles. The van der Waals surface area contributed by atoms with Gasteiger partial charge < -0.3 is 20.5 Å². The van der Waals surface area contributed by atoms with Gasteiger partial charge in [-0.1, -0.05) is 18.5 Å². The molecule has 20 heteroatoms. The number of carboxylic acid groups (broad SMARTS) is 1. The van der Waals surface area contributed by atoms with Crippen LogP contribution >= 0.6 is 11.6 Å². The first-order valence-electron chi connectivity index (χ1n) is 17.4. The van der Waals surface area contributed by atoms with Gasteiger partial charge in [-0.25, -0.2) is 18.4 Å². The Kier molecular flexibility index (Phi) is 14.2. The van der Waals surface area contributed by atoms with Gasteiger partial charge in [0.2, 0.25) is 5.95 Å². The van der Waals surface area contributed by atoms with E-state index in [2.05, 4.69) is 20.6 Å². The number of benzene rings is 2. The summed E-state index contributed by atoms with van der Waals surface area (Å²) in [5, 5.41) is 15.0. The van der Waals surface area contributed by atoms with Gasteiger partial charge in [-0.3, -0.25) is 4.79 Å². The Labute approximate surface area is 322 Å². The largest absolute Gasteiger partial charge is 0.489 e. The second-order valence-electron chi connectivity index (χ2n) is 14.0. The van der Waals surface area contributed by atoms with Gasteiger partial charge in [0, 0.05) is 36.2 Å². The lowest BCUT2D eigenvalue weighted by atomic mass is 9.80. The van der Waals surface area contributed by atoms with Gasteiger partial charge in [-0.15, -0.1) is 0 Å². The summed E-state index contributed by atoms with van der Waals surface area (Å²) in [7, 11) is -3.56. The van der Waals surface area contributed by atoms with Crippen LogP contribution in [0.25, 0.3) is 0 Å². The first-order valence-corrected chi connectivity index (χ1v) is 19.8. The van der Waals surface area contributed by atoms with E-state index in [1.807, 2.05) is 0 Å². The van der Waals surface area contributed by atoms with Crippen molar-refractivity contribution < 1.29 is 62.6 Å². The molecular weight excluding hydrogens is 807 g/mol. The van der Waals surface area contributed by atoms with Gasteiger partial charge in [-0.05, 0) is 98.0 Å². The van der Waals surface area contributed by atoms with Crippen molar-refractivity contribution in [1.29, 1.82) is 0 Å². The number of ether oxygens (including phenoxy) is 1. The average molecular weight is 847 g/mol. The Morgan fingerprint density at radius 3 is 2.00 bits per heavy atom. The standard InChI is InChI=1S/C36H40ClF9N4O5S/c1-19(23-11-25(34(38,39)40)14-26(12-23)35(41,42)43)32-29(55-8-9-56(3,53)54)18-49-33(50-32)48-17-24-13-27(36(44,45)46)15-28(37)31(24)20(2)47-16-22-6-4-21(5-7-22)10-30(51)52/h11-15,18-22,47H,4-10,16-17H2,1-3H3,(H,51,52)(H,48,49,50)/t19-,20?,21?,22?/m0/s1. The SMILES string of the molecule is CC(NCC1CCC(CC(=O)O)CC1)c1c(Cl)cc(C(F)(F)F)cc1CNc1ncc(OCCS(C)(=O)=O)c([C@@H](C)c2cc(C(F)(F)F)cc(C(F)(F)F)c2)n1. The molecule has 310 valence electrons. The number of carbonyl (C=O) groups is 1. The zero-order valence-corrected chi connectivity index (χ0v) is 31.9. The van der Waals surface area contributed by atoms with Gasteiger partial charge in [-0.2, -0.15) is 39.5 Å². The topological polar surface area (TPSA) is 131 Å². The number of aromatic nitrogens is 2. The smallest absolute Gasteiger partial charge is 0.416 e. The van der Waals surface area contributed by atoms with E-state index in [4.69, 9.17) is 21.4 Å². The number of rotatable bonds is 15.